The van der Waals surface area contributed by atoms with Crippen LogP contribution in [0, 0.1) is 0 Å². The van der Waals surface area contributed by atoms with Crippen LogP contribution in [0.1, 0.15) is 13.3 Å². The zero-order chi connectivity index (χ0) is 13.0. The van der Waals surface area contributed by atoms with Gasteiger partial charge in [0.05, 0.1) is 23.0 Å². The molecule has 0 aromatic heterocycles. The maximum absolute atomic E-state index is 11.6. The number of urea groups is 1. The highest BCUT2D eigenvalue weighted by Crippen LogP contribution is 2.20. The Kier molecular flexibility index (Phi) is 4.04. The van der Waals surface area contributed by atoms with Crippen molar-refractivity contribution in [2.75, 3.05) is 11.9 Å². The summed E-state index contributed by atoms with van der Waals surface area (Å²) in [6.45, 7) is 2.31. The van der Waals surface area contributed by atoms with Gasteiger partial charge in [-0.2, -0.15) is 0 Å². The second-order valence-electron chi connectivity index (χ2n) is 4.07. The molecule has 1 heterocycles. The number of nitrogens with zero attached hydrogens (tertiary/aromatic N) is 1. The monoisotopic (exact) mass is 267 g/mol. The maximum atomic E-state index is 11.6. The number of para-hydroxylation sites is 1. The number of carbonyl (C=O) groups excluding carboxylic acids is 1. The number of nitrogens with one attached hydrogen (secondary N) is 2. The molecule has 1 aliphatic heterocycles. The molecule has 96 valence electrons. The molecule has 1 atom stereocenters. The third-order valence-electron chi connectivity index (χ3n) is 2.49. The summed E-state index contributed by atoms with van der Waals surface area (Å²) in [6.07, 6.45) is 0.661. The molecule has 0 fully saturated rings. The molecule has 2 N–H and O–H groups in total. The lowest BCUT2D eigenvalue weighted by molar-refractivity contribution is 0.0870. The molecule has 5 nitrogen and oxygen atoms in total. The first-order valence-electron chi connectivity index (χ1n) is 5.64. The van der Waals surface area contributed by atoms with E-state index in [4.69, 9.17) is 16.4 Å². The van der Waals surface area contributed by atoms with Gasteiger partial charge in [0.25, 0.3) is 0 Å². The van der Waals surface area contributed by atoms with Crippen LogP contribution in [-0.4, -0.2) is 24.4 Å². The summed E-state index contributed by atoms with van der Waals surface area (Å²) in [5.41, 5.74) is 1.52. The lowest BCUT2D eigenvalue weighted by Gasteiger charge is -2.11. The van der Waals surface area contributed by atoms with Gasteiger partial charge >= 0.3 is 6.03 Å². The number of rotatable bonds is 3. The molecule has 2 amide bonds. The van der Waals surface area contributed by atoms with Crippen LogP contribution >= 0.6 is 11.6 Å². The number of oxime groups is 1. The number of benzene rings is 1. The summed E-state index contributed by atoms with van der Waals surface area (Å²) in [5, 5.41) is 9.71. The van der Waals surface area contributed by atoms with Gasteiger partial charge in [0.1, 0.15) is 6.10 Å². The Morgan fingerprint density at radius 3 is 3.00 bits per heavy atom. The summed E-state index contributed by atoms with van der Waals surface area (Å²) < 4.78 is 0. The van der Waals surface area contributed by atoms with Crippen molar-refractivity contribution < 1.29 is 9.63 Å². The lowest BCUT2D eigenvalue weighted by Crippen LogP contribution is -2.35. The van der Waals surface area contributed by atoms with Gasteiger partial charge in [0, 0.05) is 6.42 Å². The molecule has 0 bridgehead atoms. The van der Waals surface area contributed by atoms with E-state index in [1.807, 2.05) is 6.92 Å². The Morgan fingerprint density at radius 1 is 1.56 bits per heavy atom. The molecule has 1 aliphatic rings. The molecule has 6 heteroatoms. The number of hydrogen-bond acceptors (Lipinski definition) is 3. The molecule has 0 radical (unpaired) electrons. The fraction of sp³-hybridized carbons (Fsp3) is 0.333. The molecule has 1 aromatic carbocycles. The topological polar surface area (TPSA) is 62.7 Å². The Hall–Kier alpha value is -1.75. The normalized spacial score (nSPS) is 17.9. The summed E-state index contributed by atoms with van der Waals surface area (Å²) >= 11 is 5.93. The van der Waals surface area contributed by atoms with E-state index in [2.05, 4.69) is 15.8 Å². The molecule has 0 saturated carbocycles. The van der Waals surface area contributed by atoms with Crippen molar-refractivity contribution in [3.63, 3.8) is 0 Å². The van der Waals surface area contributed by atoms with Crippen molar-refractivity contribution in [2.24, 2.45) is 5.16 Å². The Morgan fingerprint density at radius 2 is 2.33 bits per heavy atom. The standard InChI is InChI=1S/C12H14ClN3O2/c1-8-6-9(18-16-8)7-14-12(17)15-11-5-3-2-4-10(11)13/h2-5,9H,6-7H2,1H3,(H2,14,15,17). The van der Waals surface area contributed by atoms with Crippen LogP contribution in [-0.2, 0) is 4.84 Å². The maximum Gasteiger partial charge on any atom is 0.319 e. The SMILES string of the molecule is CC1=NOC(CNC(=O)Nc2ccccc2Cl)C1. The molecular formula is C12H14ClN3O2. The van der Waals surface area contributed by atoms with E-state index in [0.29, 0.717) is 17.3 Å². The van der Waals surface area contributed by atoms with Crippen molar-refractivity contribution in [2.45, 2.75) is 19.4 Å². The highest BCUT2D eigenvalue weighted by atomic mass is 35.5. The number of anilines is 1. The van der Waals surface area contributed by atoms with Gasteiger partial charge in [-0.3, -0.25) is 0 Å². The second kappa shape index (κ2) is 5.73. The average molecular weight is 268 g/mol. The highest BCUT2D eigenvalue weighted by molar-refractivity contribution is 6.33. The third kappa shape index (κ3) is 3.37. The van der Waals surface area contributed by atoms with Gasteiger partial charge < -0.3 is 15.5 Å². The highest BCUT2D eigenvalue weighted by Gasteiger charge is 2.18. The average Bonchev–Trinajstić information content (AvgIpc) is 2.76. The molecule has 1 aromatic rings. The third-order valence-corrected chi connectivity index (χ3v) is 2.82. The molecule has 0 aliphatic carbocycles. The molecule has 18 heavy (non-hydrogen) atoms. The van der Waals surface area contributed by atoms with Crippen molar-refractivity contribution >= 4 is 29.0 Å². The van der Waals surface area contributed by atoms with E-state index >= 15 is 0 Å². The van der Waals surface area contributed by atoms with Gasteiger partial charge in [-0.1, -0.05) is 28.9 Å². The molecule has 1 unspecified atom stereocenters. The van der Waals surface area contributed by atoms with Crippen molar-refractivity contribution in [1.29, 1.82) is 0 Å². The largest absolute Gasteiger partial charge is 0.390 e. The van der Waals surface area contributed by atoms with E-state index in [9.17, 15) is 4.79 Å². The van der Waals surface area contributed by atoms with Gasteiger partial charge in [-0.05, 0) is 19.1 Å². The summed E-state index contributed by atoms with van der Waals surface area (Å²) in [7, 11) is 0. The number of halogens is 1. The van der Waals surface area contributed by atoms with Crippen LogP contribution in [0.3, 0.4) is 0 Å². The zero-order valence-electron chi connectivity index (χ0n) is 9.94. The predicted octanol–water partition coefficient (Wildman–Crippen LogP) is 2.63. The summed E-state index contributed by atoms with van der Waals surface area (Å²) in [6, 6.07) is 6.75. The number of hydrogen-bond donors (Lipinski definition) is 2. The van der Waals surface area contributed by atoms with Gasteiger partial charge in [-0.15, -0.1) is 0 Å². The lowest BCUT2D eigenvalue weighted by atomic mass is 10.2. The van der Waals surface area contributed by atoms with Crippen LogP contribution in [0.25, 0.3) is 0 Å². The number of amides is 2. The first-order valence-corrected chi connectivity index (χ1v) is 6.01. The van der Waals surface area contributed by atoms with Crippen molar-refractivity contribution in [1.82, 2.24) is 5.32 Å². The molecule has 0 spiro atoms. The van der Waals surface area contributed by atoms with Crippen molar-refractivity contribution in [3.8, 4) is 0 Å². The van der Waals surface area contributed by atoms with E-state index in [0.717, 1.165) is 12.1 Å². The van der Waals surface area contributed by atoms with Crippen molar-refractivity contribution in [3.05, 3.63) is 29.3 Å². The second-order valence-corrected chi connectivity index (χ2v) is 4.48. The minimum absolute atomic E-state index is 0.0815. The quantitative estimate of drug-likeness (QED) is 0.884. The van der Waals surface area contributed by atoms with E-state index in [1.54, 1.807) is 24.3 Å². The molecule has 2 rings (SSSR count). The smallest absolute Gasteiger partial charge is 0.319 e. The van der Waals surface area contributed by atoms with Gasteiger partial charge in [0.15, 0.2) is 0 Å². The first kappa shape index (κ1) is 12.7. The Labute approximate surface area is 110 Å². The van der Waals surface area contributed by atoms with Crippen LogP contribution < -0.4 is 10.6 Å². The summed E-state index contributed by atoms with van der Waals surface area (Å²) in [4.78, 5) is 16.7. The van der Waals surface area contributed by atoms with Crippen LogP contribution in [0.4, 0.5) is 10.5 Å². The fourth-order valence-electron chi connectivity index (χ4n) is 1.61. The molecule has 0 saturated heterocycles. The van der Waals surface area contributed by atoms with Gasteiger partial charge in [0.2, 0.25) is 0 Å². The Bertz CT molecular complexity index is 476. The van der Waals surface area contributed by atoms with E-state index in [-0.39, 0.29) is 12.1 Å². The van der Waals surface area contributed by atoms with E-state index < -0.39 is 0 Å². The summed E-state index contributed by atoms with van der Waals surface area (Å²) in [5.74, 6) is 0. The minimum atomic E-state index is -0.309. The van der Waals surface area contributed by atoms with Crippen LogP contribution in [0.5, 0.6) is 0 Å². The van der Waals surface area contributed by atoms with Gasteiger partial charge in [-0.25, -0.2) is 4.79 Å². The molecular weight excluding hydrogens is 254 g/mol. The van der Waals surface area contributed by atoms with E-state index in [1.165, 1.54) is 0 Å². The predicted molar refractivity (Wildman–Crippen MR) is 71.1 cm³/mol. The first-order chi connectivity index (χ1) is 8.65. The van der Waals surface area contributed by atoms with Crippen LogP contribution in [0.15, 0.2) is 29.4 Å². The Balaban J connectivity index is 1.78. The number of carbonyl (C=O) groups is 1. The fourth-order valence-corrected chi connectivity index (χ4v) is 1.80. The minimum Gasteiger partial charge on any atom is -0.390 e. The zero-order valence-corrected chi connectivity index (χ0v) is 10.7. The van der Waals surface area contributed by atoms with Crippen LogP contribution in [0.2, 0.25) is 5.02 Å².